The van der Waals surface area contributed by atoms with E-state index in [1.165, 1.54) is 0 Å². The zero-order chi connectivity index (χ0) is 11.0. The highest BCUT2D eigenvalue weighted by Crippen LogP contribution is 1.99. The Bertz CT molecular complexity index is 164. The molecule has 0 saturated carbocycles. The smallest absolute Gasteiger partial charge is 0.0947 e. The molecule has 0 aliphatic heterocycles. The van der Waals surface area contributed by atoms with Gasteiger partial charge in [0.25, 0.3) is 0 Å². The van der Waals surface area contributed by atoms with Gasteiger partial charge in [-0.3, -0.25) is 10.3 Å². The van der Waals surface area contributed by atoms with Crippen molar-refractivity contribution in [2.75, 3.05) is 40.0 Å². The summed E-state index contributed by atoms with van der Waals surface area (Å²) in [5.74, 6) is 0.212. The zero-order valence-corrected chi connectivity index (χ0v) is 8.99. The Balaban J connectivity index is 3.87. The Morgan fingerprint density at radius 2 is 2.21 bits per heavy atom. The summed E-state index contributed by atoms with van der Waals surface area (Å²) in [4.78, 5) is 2.04. The van der Waals surface area contributed by atoms with Gasteiger partial charge in [0.05, 0.1) is 19.0 Å². The third-order valence-corrected chi connectivity index (χ3v) is 2.09. The molecule has 5 heteroatoms. The van der Waals surface area contributed by atoms with Crippen molar-refractivity contribution in [1.29, 1.82) is 5.41 Å². The van der Waals surface area contributed by atoms with Crippen molar-refractivity contribution in [3.8, 4) is 0 Å². The molecule has 0 aromatic heterocycles. The molecular weight excluding hydrogens is 182 g/mol. The van der Waals surface area contributed by atoms with Gasteiger partial charge in [0.15, 0.2) is 0 Å². The Morgan fingerprint density at radius 1 is 1.57 bits per heavy atom. The molecule has 14 heavy (non-hydrogen) atoms. The van der Waals surface area contributed by atoms with Crippen molar-refractivity contribution in [3.63, 3.8) is 0 Å². The second kappa shape index (κ2) is 7.73. The molecule has 0 aliphatic rings. The summed E-state index contributed by atoms with van der Waals surface area (Å²) in [6.45, 7) is 4.70. The zero-order valence-electron chi connectivity index (χ0n) is 8.99. The molecule has 0 aromatic carbocycles. The normalized spacial score (nSPS) is 13.1. The number of hydrogen-bond acceptors (Lipinski definition) is 4. The van der Waals surface area contributed by atoms with E-state index in [0.717, 1.165) is 6.54 Å². The van der Waals surface area contributed by atoms with Gasteiger partial charge in [-0.1, -0.05) is 6.92 Å². The van der Waals surface area contributed by atoms with Crippen molar-refractivity contribution in [2.45, 2.75) is 6.92 Å². The Hall–Kier alpha value is -0.650. The lowest BCUT2D eigenvalue weighted by Gasteiger charge is -2.23. The molecule has 0 amide bonds. The van der Waals surface area contributed by atoms with Gasteiger partial charge in [0.2, 0.25) is 0 Å². The summed E-state index contributed by atoms with van der Waals surface area (Å²) in [6.07, 6.45) is 0. The Morgan fingerprint density at radius 3 is 2.64 bits per heavy atom. The number of amidine groups is 1. The molecule has 0 bridgehead atoms. The lowest BCUT2D eigenvalue weighted by Crippen LogP contribution is -2.37. The van der Waals surface area contributed by atoms with Crippen molar-refractivity contribution < 1.29 is 9.84 Å². The fourth-order valence-corrected chi connectivity index (χ4v) is 1.14. The fraction of sp³-hybridized carbons (Fsp3) is 0.889. The number of methoxy groups -OCH3 is 1. The van der Waals surface area contributed by atoms with Crippen molar-refractivity contribution >= 4 is 5.84 Å². The van der Waals surface area contributed by atoms with Gasteiger partial charge in [-0.15, -0.1) is 0 Å². The molecule has 0 fully saturated rings. The van der Waals surface area contributed by atoms with E-state index >= 15 is 0 Å². The predicted molar refractivity (Wildman–Crippen MR) is 56.5 cm³/mol. The predicted octanol–water partition coefficient (Wildman–Crippen LogP) is -0.501. The van der Waals surface area contributed by atoms with Crippen LogP contribution in [0.3, 0.4) is 0 Å². The lowest BCUT2D eigenvalue weighted by atomic mass is 10.1. The second-order valence-electron chi connectivity index (χ2n) is 3.37. The van der Waals surface area contributed by atoms with E-state index in [1.54, 1.807) is 7.11 Å². The number of rotatable bonds is 8. The first-order valence-electron chi connectivity index (χ1n) is 4.77. The van der Waals surface area contributed by atoms with E-state index in [1.807, 2.05) is 11.8 Å². The van der Waals surface area contributed by atoms with E-state index in [0.29, 0.717) is 19.7 Å². The molecule has 84 valence electrons. The topological polar surface area (TPSA) is 82.6 Å². The number of nitrogens with one attached hydrogen (secondary N) is 1. The highest BCUT2D eigenvalue weighted by atomic mass is 16.5. The van der Waals surface area contributed by atoms with E-state index in [2.05, 4.69) is 0 Å². The first kappa shape index (κ1) is 13.4. The maximum absolute atomic E-state index is 8.82. The van der Waals surface area contributed by atoms with Crippen molar-refractivity contribution in [2.24, 2.45) is 11.7 Å². The quantitative estimate of drug-likeness (QED) is 0.367. The molecular formula is C9H21N3O2. The molecule has 4 N–H and O–H groups in total. The van der Waals surface area contributed by atoms with Gasteiger partial charge in [-0.2, -0.15) is 0 Å². The number of aliphatic hydroxyl groups is 1. The van der Waals surface area contributed by atoms with Gasteiger partial charge < -0.3 is 15.6 Å². The molecule has 0 spiro atoms. The minimum Gasteiger partial charge on any atom is -0.395 e. The van der Waals surface area contributed by atoms with Crippen molar-refractivity contribution in [1.82, 2.24) is 4.90 Å². The van der Waals surface area contributed by atoms with Crippen LogP contribution < -0.4 is 5.73 Å². The highest BCUT2D eigenvalue weighted by molar-refractivity contribution is 5.79. The molecule has 0 aliphatic carbocycles. The van der Waals surface area contributed by atoms with Gasteiger partial charge >= 0.3 is 0 Å². The summed E-state index contributed by atoms with van der Waals surface area (Å²) in [6, 6.07) is 0. The van der Waals surface area contributed by atoms with Gasteiger partial charge in [0.1, 0.15) is 0 Å². The largest absolute Gasteiger partial charge is 0.395 e. The van der Waals surface area contributed by atoms with Crippen LogP contribution in [0.2, 0.25) is 0 Å². The van der Waals surface area contributed by atoms with Gasteiger partial charge in [-0.25, -0.2) is 0 Å². The summed E-state index contributed by atoms with van der Waals surface area (Å²) in [5.41, 5.74) is 5.37. The summed E-state index contributed by atoms with van der Waals surface area (Å²) >= 11 is 0. The summed E-state index contributed by atoms with van der Waals surface area (Å²) < 4.78 is 4.95. The number of ether oxygens (including phenoxy) is 1. The average molecular weight is 203 g/mol. The number of nitrogens with zero attached hydrogens (tertiary/aromatic N) is 1. The van der Waals surface area contributed by atoms with Crippen LogP contribution in [0.4, 0.5) is 0 Å². The number of nitrogens with two attached hydrogens (primary N) is 1. The van der Waals surface area contributed by atoms with E-state index < -0.39 is 0 Å². The van der Waals surface area contributed by atoms with E-state index in [4.69, 9.17) is 21.0 Å². The molecule has 0 rings (SSSR count). The first-order valence-corrected chi connectivity index (χ1v) is 4.77. The van der Waals surface area contributed by atoms with Crippen LogP contribution in [-0.4, -0.2) is 55.8 Å². The molecule has 0 heterocycles. The monoisotopic (exact) mass is 203 g/mol. The van der Waals surface area contributed by atoms with Crippen LogP contribution in [0.15, 0.2) is 0 Å². The third-order valence-electron chi connectivity index (χ3n) is 2.09. The van der Waals surface area contributed by atoms with Crippen LogP contribution >= 0.6 is 0 Å². The highest BCUT2D eigenvalue weighted by Gasteiger charge is 2.11. The Kier molecular flexibility index (Phi) is 7.37. The van der Waals surface area contributed by atoms with Crippen molar-refractivity contribution in [3.05, 3.63) is 0 Å². The lowest BCUT2D eigenvalue weighted by molar-refractivity contribution is 0.126. The van der Waals surface area contributed by atoms with Gasteiger partial charge in [-0.05, 0) is 0 Å². The minimum atomic E-state index is 0.0263. The van der Waals surface area contributed by atoms with E-state index in [9.17, 15) is 0 Å². The number of hydrogen-bond donors (Lipinski definition) is 3. The van der Waals surface area contributed by atoms with E-state index in [-0.39, 0.29) is 18.4 Å². The molecule has 0 aromatic rings. The average Bonchev–Trinajstić information content (AvgIpc) is 2.14. The maximum atomic E-state index is 8.82. The first-order chi connectivity index (χ1) is 6.61. The molecule has 0 saturated heterocycles. The Labute approximate surface area is 85.4 Å². The molecule has 1 atom stereocenters. The molecule has 1 unspecified atom stereocenters. The minimum absolute atomic E-state index is 0.0263. The van der Waals surface area contributed by atoms with Crippen LogP contribution in [0, 0.1) is 11.3 Å². The van der Waals surface area contributed by atoms with Crippen LogP contribution in [0.25, 0.3) is 0 Å². The maximum Gasteiger partial charge on any atom is 0.0947 e. The van der Waals surface area contributed by atoms with Crippen LogP contribution in [0.5, 0.6) is 0 Å². The fourth-order valence-electron chi connectivity index (χ4n) is 1.14. The summed E-state index contributed by atoms with van der Waals surface area (Å²) in [5, 5.41) is 16.1. The van der Waals surface area contributed by atoms with Crippen LogP contribution in [-0.2, 0) is 4.74 Å². The second-order valence-corrected chi connectivity index (χ2v) is 3.37. The molecule has 5 nitrogen and oxygen atoms in total. The molecule has 0 radical (unpaired) electrons. The standard InChI is InChI=1S/C9H21N3O2/c1-8(9(10)11)7-12(3-5-13)4-6-14-2/h8,13H,3-7H2,1-2H3,(H3,10,11). The third kappa shape index (κ3) is 5.90. The number of aliphatic hydroxyl groups excluding tert-OH is 1. The SMILES string of the molecule is COCCN(CCO)CC(C)C(=N)N. The van der Waals surface area contributed by atoms with Gasteiger partial charge in [0, 0.05) is 32.7 Å². The summed E-state index contributed by atoms with van der Waals surface area (Å²) in [7, 11) is 1.64. The van der Waals surface area contributed by atoms with Crippen LogP contribution in [0.1, 0.15) is 6.92 Å².